The number of fused-ring (bicyclic) bond motifs is 6. The molecule has 0 N–H and O–H groups in total. The van der Waals surface area contributed by atoms with Gasteiger partial charge in [0.1, 0.15) is 0 Å². The average molecular weight is 821 g/mol. The van der Waals surface area contributed by atoms with E-state index in [1.807, 2.05) is 103 Å². The summed E-state index contributed by atoms with van der Waals surface area (Å²) in [6.45, 7) is 0. The molecular formula is C55H36N2O4S. The molecule has 7 heteroatoms. The molecule has 1 aliphatic rings. The van der Waals surface area contributed by atoms with Gasteiger partial charge >= 0.3 is 5.97 Å². The minimum atomic E-state index is -3.69. The minimum absolute atomic E-state index is 0.340. The van der Waals surface area contributed by atoms with E-state index in [1.54, 1.807) is 18.2 Å². The van der Waals surface area contributed by atoms with Crippen molar-refractivity contribution < 1.29 is 17.9 Å². The van der Waals surface area contributed by atoms with E-state index in [2.05, 4.69) is 83.4 Å². The molecular weight excluding hydrogens is 785 g/mol. The van der Waals surface area contributed by atoms with Crippen LogP contribution in [0, 0.1) is 0 Å². The Labute approximate surface area is 358 Å². The summed E-state index contributed by atoms with van der Waals surface area (Å²) >= 11 is 0. The molecule has 0 unspecified atom stereocenters. The van der Waals surface area contributed by atoms with E-state index >= 15 is 0 Å². The third-order valence-corrected chi connectivity index (χ3v) is 13.8. The number of ether oxygens (including phenoxy) is 1. The molecule has 62 heavy (non-hydrogen) atoms. The first-order chi connectivity index (χ1) is 30.4. The summed E-state index contributed by atoms with van der Waals surface area (Å²) in [6, 6.07) is 66.3. The van der Waals surface area contributed by atoms with Gasteiger partial charge in [0.2, 0.25) is 9.84 Å². The van der Waals surface area contributed by atoms with Crippen molar-refractivity contribution in [1.82, 2.24) is 9.55 Å². The Morgan fingerprint density at radius 3 is 1.66 bits per heavy atom. The predicted molar refractivity (Wildman–Crippen MR) is 248 cm³/mol. The molecule has 3 heterocycles. The van der Waals surface area contributed by atoms with Crippen molar-refractivity contribution in [2.45, 2.75) is 9.79 Å². The van der Waals surface area contributed by atoms with E-state index in [9.17, 15) is 13.2 Å². The van der Waals surface area contributed by atoms with Gasteiger partial charge in [-0.05, 0) is 88.5 Å². The number of aromatic nitrogens is 2. The molecule has 0 radical (unpaired) electrons. The van der Waals surface area contributed by atoms with Gasteiger partial charge in [0.25, 0.3) is 0 Å². The van der Waals surface area contributed by atoms with Gasteiger partial charge in [-0.1, -0.05) is 140 Å². The first-order valence-corrected chi connectivity index (χ1v) is 21.8. The van der Waals surface area contributed by atoms with Crippen LogP contribution in [0.15, 0.2) is 210 Å². The van der Waals surface area contributed by atoms with Gasteiger partial charge < -0.3 is 9.30 Å². The highest BCUT2D eigenvalue weighted by Crippen LogP contribution is 2.47. The Balaban J connectivity index is 1.06. The molecule has 10 aromatic rings. The molecule has 8 aromatic carbocycles. The van der Waals surface area contributed by atoms with Crippen molar-refractivity contribution in [3.63, 3.8) is 0 Å². The molecule has 0 saturated heterocycles. The molecule has 0 spiro atoms. The summed E-state index contributed by atoms with van der Waals surface area (Å²) < 4.78 is 35.1. The number of sulfone groups is 1. The summed E-state index contributed by atoms with van der Waals surface area (Å²) in [6.07, 6.45) is 0. The zero-order valence-electron chi connectivity index (χ0n) is 33.5. The van der Waals surface area contributed by atoms with Gasteiger partial charge in [0, 0.05) is 44.3 Å². The van der Waals surface area contributed by atoms with Crippen molar-refractivity contribution in [1.29, 1.82) is 0 Å². The molecule has 0 fully saturated rings. The third kappa shape index (κ3) is 6.05. The van der Waals surface area contributed by atoms with E-state index in [4.69, 9.17) is 9.72 Å². The highest BCUT2D eigenvalue weighted by molar-refractivity contribution is 7.92. The number of nitrogens with zero attached hydrogens (tertiary/aromatic N) is 2. The maximum atomic E-state index is 13.9. The van der Waals surface area contributed by atoms with Crippen LogP contribution < -0.4 is 0 Å². The Morgan fingerprint density at radius 2 is 1.00 bits per heavy atom. The van der Waals surface area contributed by atoms with Crippen LogP contribution >= 0.6 is 0 Å². The second-order valence-corrected chi connectivity index (χ2v) is 17.3. The van der Waals surface area contributed by atoms with Crippen LogP contribution in [-0.4, -0.2) is 31.0 Å². The van der Waals surface area contributed by atoms with Gasteiger partial charge in [-0.2, -0.15) is 0 Å². The van der Waals surface area contributed by atoms with Crippen LogP contribution in [0.3, 0.4) is 0 Å². The highest BCUT2D eigenvalue weighted by atomic mass is 32.2. The molecule has 0 saturated carbocycles. The highest BCUT2D eigenvalue weighted by Gasteiger charge is 2.35. The standard InChI is InChI=1S/C55H36N2O4S/c1-61-55(58)39-26-30-52-48(32-39)47-31-38(42-17-8-9-18-43(42)40-33-49(36-13-4-2-5-14-36)56-50(34-40)37-15-6-3-7-16-37)25-29-51(47)57(52)41-27-23-35(24-28-41)44-20-12-21-46-45-19-10-11-22-53(45)62(59,60)54(44)46/h2-34H,1H3. The lowest BCUT2D eigenvalue weighted by Gasteiger charge is -2.14. The van der Waals surface area contributed by atoms with Gasteiger partial charge in [-0.25, -0.2) is 18.2 Å². The fraction of sp³-hybridized carbons (Fsp3) is 0.0182. The summed E-state index contributed by atoms with van der Waals surface area (Å²) in [5.74, 6) is -0.410. The van der Waals surface area contributed by atoms with Crippen molar-refractivity contribution in [2.75, 3.05) is 7.11 Å². The predicted octanol–water partition coefficient (Wildman–Crippen LogP) is 13.1. The largest absolute Gasteiger partial charge is 0.465 e. The van der Waals surface area contributed by atoms with Crippen LogP contribution in [0.4, 0.5) is 0 Å². The third-order valence-electron chi connectivity index (χ3n) is 11.9. The zero-order valence-corrected chi connectivity index (χ0v) is 34.3. The van der Waals surface area contributed by atoms with Gasteiger partial charge in [0.05, 0.1) is 44.9 Å². The molecule has 0 bridgehead atoms. The number of carbonyl (C=O) groups is 1. The molecule has 11 rings (SSSR count). The van der Waals surface area contributed by atoms with Gasteiger partial charge in [-0.15, -0.1) is 0 Å². The van der Waals surface area contributed by atoms with Crippen LogP contribution in [0.5, 0.6) is 0 Å². The Bertz CT molecular complexity index is 3470. The quantitative estimate of drug-likeness (QED) is 0.150. The number of pyridine rings is 1. The first kappa shape index (κ1) is 37.2. The maximum absolute atomic E-state index is 13.9. The Kier molecular flexibility index (Phi) is 8.80. The lowest BCUT2D eigenvalue weighted by Crippen LogP contribution is -2.01. The number of esters is 1. The molecule has 1 aliphatic heterocycles. The smallest absolute Gasteiger partial charge is 0.337 e. The molecule has 6 nitrogen and oxygen atoms in total. The fourth-order valence-corrected chi connectivity index (χ4v) is 10.9. The normalized spacial score (nSPS) is 12.6. The summed E-state index contributed by atoms with van der Waals surface area (Å²) in [5.41, 5.74) is 14.2. The van der Waals surface area contributed by atoms with E-state index in [1.165, 1.54) is 7.11 Å². The van der Waals surface area contributed by atoms with Crippen molar-refractivity contribution in [3.8, 4) is 72.7 Å². The minimum Gasteiger partial charge on any atom is -0.465 e. The second-order valence-electron chi connectivity index (χ2n) is 15.4. The van der Waals surface area contributed by atoms with Crippen molar-refractivity contribution >= 4 is 37.6 Å². The van der Waals surface area contributed by atoms with Gasteiger partial charge in [0.15, 0.2) is 0 Å². The van der Waals surface area contributed by atoms with E-state index in [0.29, 0.717) is 20.9 Å². The SMILES string of the molecule is COC(=O)c1ccc2c(c1)c1cc(-c3ccccc3-c3cc(-c4ccccc4)nc(-c4ccccc4)c3)ccc1n2-c1ccc(-c2cccc3c2S(=O)(=O)c2ccccc2-3)cc1. The van der Waals surface area contributed by atoms with Gasteiger partial charge in [-0.3, -0.25) is 0 Å². The number of hydrogen-bond acceptors (Lipinski definition) is 5. The number of benzene rings is 8. The zero-order chi connectivity index (χ0) is 42.0. The molecule has 0 atom stereocenters. The number of methoxy groups -OCH3 is 1. The van der Waals surface area contributed by atoms with Crippen LogP contribution in [-0.2, 0) is 14.6 Å². The molecule has 296 valence electrons. The summed E-state index contributed by atoms with van der Waals surface area (Å²) in [5, 5.41) is 1.87. The lowest BCUT2D eigenvalue weighted by atomic mass is 9.92. The lowest BCUT2D eigenvalue weighted by molar-refractivity contribution is 0.0601. The fourth-order valence-electron chi connectivity index (χ4n) is 8.99. The van der Waals surface area contributed by atoms with E-state index in [0.717, 1.165) is 89.0 Å². The van der Waals surface area contributed by atoms with Crippen molar-refractivity contribution in [2.24, 2.45) is 0 Å². The van der Waals surface area contributed by atoms with Crippen molar-refractivity contribution in [3.05, 3.63) is 206 Å². The van der Waals surface area contributed by atoms with Crippen LogP contribution in [0.25, 0.3) is 94.5 Å². The van der Waals surface area contributed by atoms with Crippen LogP contribution in [0.2, 0.25) is 0 Å². The second kappa shape index (κ2) is 14.7. The van der Waals surface area contributed by atoms with E-state index < -0.39 is 15.8 Å². The Hall–Kier alpha value is -7.87. The Morgan fingerprint density at radius 1 is 0.468 bits per heavy atom. The number of rotatable bonds is 7. The van der Waals surface area contributed by atoms with E-state index in [-0.39, 0.29) is 0 Å². The molecule has 2 aromatic heterocycles. The molecule has 0 amide bonds. The first-order valence-electron chi connectivity index (χ1n) is 20.3. The monoisotopic (exact) mass is 820 g/mol. The topological polar surface area (TPSA) is 78.3 Å². The summed E-state index contributed by atoms with van der Waals surface area (Å²) in [4.78, 5) is 18.7. The maximum Gasteiger partial charge on any atom is 0.337 e. The molecule has 0 aliphatic carbocycles. The van der Waals surface area contributed by atoms with Crippen LogP contribution in [0.1, 0.15) is 10.4 Å². The summed E-state index contributed by atoms with van der Waals surface area (Å²) in [7, 11) is -2.30. The number of hydrogen-bond donors (Lipinski definition) is 0. The average Bonchev–Trinajstić information content (AvgIpc) is 3.79. The number of carbonyl (C=O) groups excluding carboxylic acids is 1.